The second kappa shape index (κ2) is 6.31. The second-order valence-electron chi connectivity index (χ2n) is 5.69. The molecule has 0 radical (unpaired) electrons. The summed E-state index contributed by atoms with van der Waals surface area (Å²) in [6.07, 6.45) is -1.34. The summed E-state index contributed by atoms with van der Waals surface area (Å²) in [4.78, 5) is 8.43. The lowest BCUT2D eigenvalue weighted by Gasteiger charge is -2.17. The Bertz CT molecular complexity index is 867. The first kappa shape index (κ1) is 17.1. The largest absolute Gasteiger partial charge is 0.416 e. The number of fused-ring (bicyclic) bond motifs is 1. The zero-order chi connectivity index (χ0) is 18.2. The predicted octanol–water partition coefficient (Wildman–Crippen LogP) is 4.28. The van der Waals surface area contributed by atoms with Crippen LogP contribution in [0.5, 0.6) is 0 Å². The van der Waals surface area contributed by atoms with E-state index in [9.17, 15) is 17.6 Å². The van der Waals surface area contributed by atoms with E-state index in [-0.39, 0.29) is 12.1 Å². The van der Waals surface area contributed by atoms with Crippen LogP contribution in [0.25, 0.3) is 5.70 Å². The van der Waals surface area contributed by atoms with Crippen molar-refractivity contribution in [2.45, 2.75) is 19.3 Å². The van der Waals surface area contributed by atoms with Gasteiger partial charge in [0.25, 0.3) is 0 Å². The molecule has 0 spiro atoms. The summed E-state index contributed by atoms with van der Waals surface area (Å²) in [7, 11) is 0. The summed E-state index contributed by atoms with van der Waals surface area (Å²) in [6, 6.07) is 4.71. The van der Waals surface area contributed by atoms with Crippen molar-refractivity contribution in [1.82, 2.24) is 4.98 Å². The number of benzene rings is 1. The molecule has 0 saturated carbocycles. The molecule has 0 aliphatic carbocycles. The molecule has 1 aliphatic heterocycles. The molecule has 1 aromatic carbocycles. The van der Waals surface area contributed by atoms with Gasteiger partial charge in [0.05, 0.1) is 17.8 Å². The number of hydrogen-bond acceptors (Lipinski definition) is 3. The number of rotatable bonds is 2. The highest BCUT2D eigenvalue weighted by molar-refractivity contribution is 6.16. The van der Waals surface area contributed by atoms with Gasteiger partial charge in [-0.25, -0.2) is 4.39 Å². The van der Waals surface area contributed by atoms with Gasteiger partial charge in [-0.3, -0.25) is 9.98 Å². The van der Waals surface area contributed by atoms with Gasteiger partial charge in [-0.1, -0.05) is 6.07 Å². The molecular formula is C18H15F4N3. The van der Waals surface area contributed by atoms with Crippen LogP contribution in [0, 0.1) is 0 Å². The van der Waals surface area contributed by atoms with Gasteiger partial charge >= 0.3 is 6.18 Å². The minimum atomic E-state index is -4.54. The van der Waals surface area contributed by atoms with Crippen LogP contribution in [0.3, 0.4) is 0 Å². The first-order valence-electron chi connectivity index (χ1n) is 7.59. The molecule has 1 atom stereocenters. The van der Waals surface area contributed by atoms with E-state index in [4.69, 9.17) is 5.73 Å². The van der Waals surface area contributed by atoms with Crippen LogP contribution in [-0.2, 0) is 6.18 Å². The van der Waals surface area contributed by atoms with Crippen molar-refractivity contribution in [2.24, 2.45) is 10.7 Å². The molecule has 0 saturated heterocycles. The molecule has 1 unspecified atom stereocenters. The molecule has 25 heavy (non-hydrogen) atoms. The Morgan fingerprint density at radius 3 is 2.56 bits per heavy atom. The van der Waals surface area contributed by atoms with E-state index in [0.29, 0.717) is 28.1 Å². The van der Waals surface area contributed by atoms with E-state index in [1.54, 1.807) is 18.3 Å². The fraction of sp³-hybridized carbons (Fsp3) is 0.222. The van der Waals surface area contributed by atoms with Gasteiger partial charge in [0.2, 0.25) is 0 Å². The first-order chi connectivity index (χ1) is 11.8. The lowest BCUT2D eigenvalue weighted by Crippen LogP contribution is -2.13. The zero-order valence-electron chi connectivity index (χ0n) is 13.3. The molecule has 3 nitrogen and oxygen atoms in total. The Labute approximate surface area is 141 Å². The molecule has 2 heterocycles. The highest BCUT2D eigenvalue weighted by Crippen LogP contribution is 2.34. The Hall–Kier alpha value is -2.70. The molecule has 0 fully saturated rings. The van der Waals surface area contributed by atoms with Crippen LogP contribution in [0.4, 0.5) is 17.6 Å². The molecule has 1 aromatic heterocycles. The maximum atomic E-state index is 14.1. The fourth-order valence-corrected chi connectivity index (χ4v) is 2.78. The monoisotopic (exact) mass is 349 g/mol. The van der Waals surface area contributed by atoms with Gasteiger partial charge in [0.1, 0.15) is 6.17 Å². The minimum absolute atomic E-state index is 0.0585. The van der Waals surface area contributed by atoms with Crippen molar-refractivity contribution in [3.8, 4) is 0 Å². The summed E-state index contributed by atoms with van der Waals surface area (Å²) in [6.45, 7) is 1.45. The zero-order valence-corrected chi connectivity index (χ0v) is 13.3. The third-order valence-electron chi connectivity index (χ3n) is 4.01. The molecule has 2 N–H and O–H groups in total. The normalized spacial score (nSPS) is 15.7. The lowest BCUT2D eigenvalue weighted by atomic mass is 9.92. The average Bonchev–Trinajstić information content (AvgIpc) is 2.73. The number of alkyl halides is 4. The highest BCUT2D eigenvalue weighted by atomic mass is 19.4. The number of hydrogen-bond donors (Lipinski definition) is 1. The van der Waals surface area contributed by atoms with Gasteiger partial charge < -0.3 is 5.73 Å². The fourth-order valence-electron chi connectivity index (χ4n) is 2.78. The Balaban J connectivity index is 2.20. The topological polar surface area (TPSA) is 51.3 Å². The third-order valence-corrected chi connectivity index (χ3v) is 4.01. The van der Waals surface area contributed by atoms with Crippen molar-refractivity contribution >= 4 is 11.4 Å². The highest BCUT2D eigenvalue weighted by Gasteiger charge is 2.32. The van der Waals surface area contributed by atoms with Gasteiger partial charge in [-0.05, 0) is 36.8 Å². The van der Waals surface area contributed by atoms with E-state index in [2.05, 4.69) is 9.98 Å². The summed E-state index contributed by atoms with van der Waals surface area (Å²) < 4.78 is 53.0. The molecule has 130 valence electrons. The smallest absolute Gasteiger partial charge is 0.398 e. The number of pyridine rings is 1. The van der Waals surface area contributed by atoms with E-state index >= 15 is 0 Å². The Kier molecular flexibility index (Phi) is 4.32. The third kappa shape index (κ3) is 3.26. The first-order valence-corrected chi connectivity index (χ1v) is 7.59. The maximum Gasteiger partial charge on any atom is 0.416 e. The van der Waals surface area contributed by atoms with Crippen LogP contribution in [0.2, 0.25) is 0 Å². The van der Waals surface area contributed by atoms with Gasteiger partial charge in [-0.2, -0.15) is 13.2 Å². The van der Waals surface area contributed by atoms with Crippen molar-refractivity contribution in [3.05, 3.63) is 70.6 Å². The lowest BCUT2D eigenvalue weighted by molar-refractivity contribution is -0.137. The number of aromatic nitrogens is 1. The predicted molar refractivity (Wildman–Crippen MR) is 87.9 cm³/mol. The molecule has 0 amide bonds. The van der Waals surface area contributed by atoms with Crippen molar-refractivity contribution in [2.75, 3.05) is 6.54 Å². The van der Waals surface area contributed by atoms with Crippen LogP contribution in [0.1, 0.15) is 40.9 Å². The molecular weight excluding hydrogens is 334 g/mol. The summed E-state index contributed by atoms with van der Waals surface area (Å²) >= 11 is 0. The van der Waals surface area contributed by atoms with Crippen molar-refractivity contribution < 1.29 is 17.6 Å². The van der Waals surface area contributed by atoms with Crippen LogP contribution >= 0.6 is 0 Å². The number of nitrogens with two attached hydrogens (primary N) is 1. The SMILES string of the molecule is CC(F)c1cc(C(F)(F)F)ccc1C1=NCC=C(N)c2cnccc21. The van der Waals surface area contributed by atoms with E-state index < -0.39 is 17.9 Å². The standard InChI is InChI=1S/C18H15F4N3/c1-10(19)14-8-11(18(20,21)22)2-3-12(14)17-13-4-6-24-9-15(13)16(23)5-7-25-17/h2-6,8-10H,7,23H2,1H3. The van der Waals surface area contributed by atoms with Gasteiger partial charge in [-0.15, -0.1) is 0 Å². The van der Waals surface area contributed by atoms with E-state index in [0.717, 1.165) is 12.1 Å². The minimum Gasteiger partial charge on any atom is -0.398 e. The summed E-state index contributed by atoms with van der Waals surface area (Å²) in [5, 5.41) is 0. The summed E-state index contributed by atoms with van der Waals surface area (Å²) in [5.41, 5.74) is 7.47. The number of nitrogens with zero attached hydrogens (tertiary/aromatic N) is 2. The van der Waals surface area contributed by atoms with Crippen molar-refractivity contribution in [3.63, 3.8) is 0 Å². The number of halogens is 4. The quantitative estimate of drug-likeness (QED) is 0.823. The second-order valence-corrected chi connectivity index (χ2v) is 5.69. The average molecular weight is 349 g/mol. The van der Waals surface area contributed by atoms with Crippen LogP contribution in [0.15, 0.2) is 47.7 Å². The Morgan fingerprint density at radius 1 is 1.12 bits per heavy atom. The maximum absolute atomic E-state index is 14.1. The van der Waals surface area contributed by atoms with Crippen LogP contribution in [-0.4, -0.2) is 17.2 Å². The number of aliphatic imine (C=N–C) groups is 1. The molecule has 0 bridgehead atoms. The van der Waals surface area contributed by atoms with E-state index in [1.807, 2.05) is 0 Å². The molecule has 3 rings (SSSR count). The molecule has 7 heteroatoms. The molecule has 1 aliphatic rings. The Morgan fingerprint density at radius 2 is 1.88 bits per heavy atom. The van der Waals surface area contributed by atoms with E-state index in [1.165, 1.54) is 19.2 Å². The van der Waals surface area contributed by atoms with Gasteiger partial charge in [0.15, 0.2) is 0 Å². The van der Waals surface area contributed by atoms with Gasteiger partial charge in [0, 0.05) is 34.8 Å². The summed E-state index contributed by atoms with van der Waals surface area (Å²) in [5.74, 6) is 0. The molecule has 2 aromatic rings. The van der Waals surface area contributed by atoms with Crippen LogP contribution < -0.4 is 5.73 Å². The van der Waals surface area contributed by atoms with Crippen molar-refractivity contribution in [1.29, 1.82) is 0 Å².